The molecular formula is C11H19NO2. The van der Waals surface area contributed by atoms with Crippen LogP contribution in [-0.2, 0) is 4.74 Å². The topological polar surface area (TPSA) is 55.5 Å². The summed E-state index contributed by atoms with van der Waals surface area (Å²) in [6, 6.07) is -0.163. The summed E-state index contributed by atoms with van der Waals surface area (Å²) in [5, 5.41) is 9.58. The van der Waals surface area contributed by atoms with Gasteiger partial charge in [-0.1, -0.05) is 11.6 Å². The number of hydrogen-bond donors (Lipinski definition) is 2. The van der Waals surface area contributed by atoms with Crippen molar-refractivity contribution < 1.29 is 9.84 Å². The molecule has 0 amide bonds. The van der Waals surface area contributed by atoms with Gasteiger partial charge in [0, 0.05) is 12.5 Å². The van der Waals surface area contributed by atoms with Crippen molar-refractivity contribution in [1.82, 2.24) is 0 Å². The molecule has 0 saturated carbocycles. The smallest absolute Gasteiger partial charge is 0.0956 e. The van der Waals surface area contributed by atoms with Crippen LogP contribution in [0.2, 0.25) is 0 Å². The van der Waals surface area contributed by atoms with Crippen LogP contribution in [0.25, 0.3) is 0 Å². The molecule has 1 aliphatic rings. The van der Waals surface area contributed by atoms with E-state index in [1.165, 1.54) is 5.57 Å². The number of ether oxygens (including phenoxy) is 1. The summed E-state index contributed by atoms with van der Waals surface area (Å²) in [6.07, 6.45) is 6.11. The molecule has 3 N–H and O–H groups in total. The predicted octanol–water partition coefficient (Wildman–Crippen LogP) is 1.34. The first kappa shape index (κ1) is 11.3. The van der Waals surface area contributed by atoms with Gasteiger partial charge in [-0.2, -0.15) is 0 Å². The molecule has 0 unspecified atom stereocenters. The van der Waals surface area contributed by atoms with Gasteiger partial charge < -0.3 is 15.6 Å². The Balaban J connectivity index is 2.39. The highest BCUT2D eigenvalue weighted by Crippen LogP contribution is 2.21. The first-order valence-electron chi connectivity index (χ1n) is 4.98. The van der Waals surface area contributed by atoms with Crippen molar-refractivity contribution in [2.75, 3.05) is 7.11 Å². The van der Waals surface area contributed by atoms with Crippen LogP contribution in [0.3, 0.4) is 0 Å². The average Bonchev–Trinajstić information content (AvgIpc) is 2.19. The van der Waals surface area contributed by atoms with Crippen LogP contribution in [0.1, 0.15) is 26.2 Å². The SMILES string of the molecule is COC1=CCC(C[C@H](O)[C@H](C)N)=CC1. The van der Waals surface area contributed by atoms with Gasteiger partial charge in [-0.25, -0.2) is 0 Å². The Morgan fingerprint density at radius 3 is 2.64 bits per heavy atom. The first-order valence-corrected chi connectivity index (χ1v) is 4.98. The lowest BCUT2D eigenvalue weighted by atomic mass is 9.97. The minimum absolute atomic E-state index is 0.163. The highest BCUT2D eigenvalue weighted by Gasteiger charge is 2.13. The van der Waals surface area contributed by atoms with Crippen molar-refractivity contribution in [2.45, 2.75) is 38.3 Å². The molecule has 0 saturated heterocycles. The van der Waals surface area contributed by atoms with E-state index in [2.05, 4.69) is 12.2 Å². The Morgan fingerprint density at radius 2 is 2.21 bits per heavy atom. The van der Waals surface area contributed by atoms with Crippen LogP contribution in [-0.4, -0.2) is 24.4 Å². The van der Waals surface area contributed by atoms with E-state index in [0.29, 0.717) is 6.42 Å². The highest BCUT2D eigenvalue weighted by molar-refractivity contribution is 5.19. The molecule has 0 fully saturated rings. The van der Waals surface area contributed by atoms with E-state index in [-0.39, 0.29) is 6.04 Å². The van der Waals surface area contributed by atoms with Gasteiger partial charge in [0.1, 0.15) is 0 Å². The monoisotopic (exact) mass is 197 g/mol. The minimum Gasteiger partial charge on any atom is -0.501 e. The summed E-state index contributed by atoms with van der Waals surface area (Å²) in [7, 11) is 1.68. The first-order chi connectivity index (χ1) is 6.63. The molecule has 3 heteroatoms. The van der Waals surface area contributed by atoms with Crippen LogP contribution in [0.4, 0.5) is 0 Å². The van der Waals surface area contributed by atoms with Crippen LogP contribution in [0.5, 0.6) is 0 Å². The number of methoxy groups -OCH3 is 1. The standard InChI is InChI=1S/C11H19NO2/c1-8(12)11(13)7-9-3-5-10(14-2)6-4-9/h3,6,8,11,13H,4-5,7,12H2,1-2H3/t8-,11-/m0/s1. The fourth-order valence-electron chi connectivity index (χ4n) is 1.44. The van der Waals surface area contributed by atoms with Gasteiger partial charge in [-0.15, -0.1) is 0 Å². The molecule has 1 aliphatic carbocycles. The van der Waals surface area contributed by atoms with E-state index in [9.17, 15) is 5.11 Å². The average molecular weight is 197 g/mol. The van der Waals surface area contributed by atoms with Crippen molar-refractivity contribution in [3.8, 4) is 0 Å². The Kier molecular flexibility index (Phi) is 4.17. The number of hydrogen-bond acceptors (Lipinski definition) is 3. The van der Waals surface area contributed by atoms with Gasteiger partial charge in [0.2, 0.25) is 0 Å². The molecule has 0 bridgehead atoms. The third-order valence-corrected chi connectivity index (χ3v) is 2.52. The molecule has 0 aromatic heterocycles. The highest BCUT2D eigenvalue weighted by atomic mass is 16.5. The van der Waals surface area contributed by atoms with Crippen molar-refractivity contribution >= 4 is 0 Å². The van der Waals surface area contributed by atoms with Gasteiger partial charge >= 0.3 is 0 Å². The second-order valence-corrected chi connectivity index (χ2v) is 3.78. The summed E-state index contributed by atoms with van der Waals surface area (Å²) in [5.74, 6) is 1.00. The van der Waals surface area contributed by atoms with Gasteiger partial charge in [-0.05, 0) is 25.8 Å². The molecule has 0 aromatic rings. The maximum atomic E-state index is 9.58. The van der Waals surface area contributed by atoms with Crippen LogP contribution in [0, 0.1) is 0 Å². The summed E-state index contributed by atoms with van der Waals surface area (Å²) in [4.78, 5) is 0. The fraction of sp³-hybridized carbons (Fsp3) is 0.636. The molecule has 1 rings (SSSR count). The molecule has 80 valence electrons. The normalized spacial score (nSPS) is 20.9. The van der Waals surface area contributed by atoms with Gasteiger partial charge in [0.25, 0.3) is 0 Å². The fourth-order valence-corrected chi connectivity index (χ4v) is 1.44. The summed E-state index contributed by atoms with van der Waals surface area (Å²) < 4.78 is 5.12. The van der Waals surface area contributed by atoms with E-state index in [1.807, 2.05) is 6.92 Å². The van der Waals surface area contributed by atoms with E-state index >= 15 is 0 Å². The lowest BCUT2D eigenvalue weighted by Crippen LogP contribution is -2.31. The van der Waals surface area contributed by atoms with Gasteiger partial charge in [0.15, 0.2) is 0 Å². The van der Waals surface area contributed by atoms with Gasteiger partial charge in [-0.3, -0.25) is 0 Å². The number of aliphatic hydroxyl groups excluding tert-OH is 1. The third-order valence-electron chi connectivity index (χ3n) is 2.52. The second-order valence-electron chi connectivity index (χ2n) is 3.78. The van der Waals surface area contributed by atoms with Crippen molar-refractivity contribution in [1.29, 1.82) is 0 Å². The molecule has 0 spiro atoms. The number of rotatable bonds is 4. The van der Waals surface area contributed by atoms with Crippen LogP contribution in [0.15, 0.2) is 23.5 Å². The molecular weight excluding hydrogens is 178 g/mol. The van der Waals surface area contributed by atoms with Crippen molar-refractivity contribution in [3.05, 3.63) is 23.5 Å². The van der Waals surface area contributed by atoms with E-state index in [4.69, 9.17) is 10.5 Å². The van der Waals surface area contributed by atoms with Crippen LogP contribution < -0.4 is 5.73 Å². The molecule has 0 aliphatic heterocycles. The molecule has 3 nitrogen and oxygen atoms in total. The quantitative estimate of drug-likeness (QED) is 0.669. The van der Waals surface area contributed by atoms with Crippen molar-refractivity contribution in [2.24, 2.45) is 5.73 Å². The zero-order valence-electron chi connectivity index (χ0n) is 8.86. The Labute approximate surface area is 85.3 Å². The van der Waals surface area contributed by atoms with E-state index in [1.54, 1.807) is 7.11 Å². The molecule has 0 aromatic carbocycles. The molecule has 0 heterocycles. The van der Waals surface area contributed by atoms with E-state index in [0.717, 1.165) is 18.6 Å². The second kappa shape index (κ2) is 5.17. The van der Waals surface area contributed by atoms with Crippen LogP contribution >= 0.6 is 0 Å². The number of allylic oxidation sites excluding steroid dienone is 2. The van der Waals surface area contributed by atoms with Crippen molar-refractivity contribution in [3.63, 3.8) is 0 Å². The molecule has 0 radical (unpaired) electrons. The maximum absolute atomic E-state index is 9.58. The number of aliphatic hydroxyl groups is 1. The summed E-state index contributed by atoms with van der Waals surface area (Å²) in [5.41, 5.74) is 6.84. The maximum Gasteiger partial charge on any atom is 0.0956 e. The lowest BCUT2D eigenvalue weighted by molar-refractivity contribution is 0.150. The van der Waals surface area contributed by atoms with E-state index < -0.39 is 6.10 Å². The third kappa shape index (κ3) is 3.16. The number of nitrogens with two attached hydrogens (primary N) is 1. The Bertz CT molecular complexity index is 244. The largest absolute Gasteiger partial charge is 0.501 e. The Hall–Kier alpha value is -0.800. The summed E-state index contributed by atoms with van der Waals surface area (Å²) in [6.45, 7) is 1.82. The van der Waals surface area contributed by atoms with Gasteiger partial charge in [0.05, 0.1) is 19.0 Å². The zero-order valence-corrected chi connectivity index (χ0v) is 8.86. The predicted molar refractivity (Wildman–Crippen MR) is 56.7 cm³/mol. The minimum atomic E-state index is -0.432. The molecule has 2 atom stereocenters. The zero-order chi connectivity index (χ0) is 10.6. The Morgan fingerprint density at radius 1 is 1.50 bits per heavy atom. The molecule has 14 heavy (non-hydrogen) atoms. The summed E-state index contributed by atoms with van der Waals surface area (Å²) >= 11 is 0. The lowest BCUT2D eigenvalue weighted by Gasteiger charge is -2.18.